The molecule has 0 fully saturated rings. The van der Waals surface area contributed by atoms with Crippen LogP contribution in [0.3, 0.4) is 0 Å². The van der Waals surface area contributed by atoms with Gasteiger partial charge in [0.1, 0.15) is 11.5 Å². The molecule has 0 aliphatic rings. The second kappa shape index (κ2) is 9.41. The minimum atomic E-state index is -3.56. The Morgan fingerprint density at radius 2 is 1.78 bits per heavy atom. The standard InChI is InChI=1S/C20H25NO5S/c1-4-5-13-21(20(22)17-7-6-8-19(14-17)25-2)15-16-9-11-18(12-10-16)26-27(3,23)24/h6-12,14H,4-5,13,15H2,1-3H3. The van der Waals surface area contributed by atoms with Gasteiger partial charge in [-0.3, -0.25) is 4.79 Å². The zero-order chi connectivity index (χ0) is 19.9. The summed E-state index contributed by atoms with van der Waals surface area (Å²) < 4.78 is 32.4. The Morgan fingerprint density at radius 1 is 1.07 bits per heavy atom. The first kappa shape index (κ1) is 20.8. The molecule has 6 nitrogen and oxygen atoms in total. The third-order valence-corrected chi connectivity index (χ3v) is 4.43. The maximum Gasteiger partial charge on any atom is 0.306 e. The molecule has 0 saturated heterocycles. The molecule has 0 aromatic heterocycles. The van der Waals surface area contributed by atoms with Crippen molar-refractivity contribution in [2.45, 2.75) is 26.3 Å². The minimum absolute atomic E-state index is 0.0705. The summed E-state index contributed by atoms with van der Waals surface area (Å²) in [5.74, 6) is 0.817. The number of rotatable bonds is 9. The van der Waals surface area contributed by atoms with Gasteiger partial charge >= 0.3 is 10.1 Å². The highest BCUT2D eigenvalue weighted by Crippen LogP contribution is 2.19. The molecule has 7 heteroatoms. The van der Waals surface area contributed by atoms with Crippen molar-refractivity contribution in [2.24, 2.45) is 0 Å². The fraction of sp³-hybridized carbons (Fsp3) is 0.350. The Bertz CT molecular complexity index is 862. The van der Waals surface area contributed by atoms with E-state index >= 15 is 0 Å². The molecular formula is C20H25NO5S. The second-order valence-corrected chi connectivity index (χ2v) is 7.82. The number of hydrogen-bond donors (Lipinski definition) is 0. The van der Waals surface area contributed by atoms with Gasteiger partial charge in [-0.15, -0.1) is 0 Å². The fourth-order valence-electron chi connectivity index (χ4n) is 2.59. The van der Waals surface area contributed by atoms with Crippen LogP contribution in [0.1, 0.15) is 35.7 Å². The maximum atomic E-state index is 12.9. The zero-order valence-electron chi connectivity index (χ0n) is 15.8. The van der Waals surface area contributed by atoms with E-state index < -0.39 is 10.1 Å². The van der Waals surface area contributed by atoms with Crippen molar-refractivity contribution < 1.29 is 22.1 Å². The first-order valence-corrected chi connectivity index (χ1v) is 10.6. The van der Waals surface area contributed by atoms with Crippen molar-refractivity contribution >= 4 is 16.0 Å². The van der Waals surface area contributed by atoms with Gasteiger partial charge in [-0.25, -0.2) is 0 Å². The first-order valence-electron chi connectivity index (χ1n) is 8.74. The Morgan fingerprint density at radius 3 is 2.37 bits per heavy atom. The van der Waals surface area contributed by atoms with Gasteiger partial charge in [-0.1, -0.05) is 31.5 Å². The average Bonchev–Trinajstić information content (AvgIpc) is 2.64. The molecule has 0 aliphatic carbocycles. The number of carbonyl (C=O) groups is 1. The number of hydrogen-bond acceptors (Lipinski definition) is 5. The summed E-state index contributed by atoms with van der Waals surface area (Å²) in [7, 11) is -1.99. The lowest BCUT2D eigenvalue weighted by molar-refractivity contribution is 0.0740. The van der Waals surface area contributed by atoms with Gasteiger partial charge in [0.15, 0.2) is 0 Å². The average molecular weight is 391 g/mol. The molecule has 0 atom stereocenters. The zero-order valence-corrected chi connectivity index (χ0v) is 16.7. The Hall–Kier alpha value is -2.54. The Kier molecular flexibility index (Phi) is 7.24. The van der Waals surface area contributed by atoms with Gasteiger partial charge < -0.3 is 13.8 Å². The van der Waals surface area contributed by atoms with Crippen molar-refractivity contribution in [1.82, 2.24) is 4.90 Å². The van der Waals surface area contributed by atoms with Crippen molar-refractivity contribution in [3.8, 4) is 11.5 Å². The van der Waals surface area contributed by atoms with Gasteiger partial charge in [0.2, 0.25) is 0 Å². The normalized spacial score (nSPS) is 11.1. The largest absolute Gasteiger partial charge is 0.497 e. The van der Waals surface area contributed by atoms with Gasteiger partial charge in [0.05, 0.1) is 13.4 Å². The van der Waals surface area contributed by atoms with Crippen LogP contribution in [-0.4, -0.2) is 39.1 Å². The third kappa shape index (κ3) is 6.60. The predicted octanol–water partition coefficient (Wildman–Crippen LogP) is 3.48. The Balaban J connectivity index is 2.17. The van der Waals surface area contributed by atoms with Gasteiger partial charge in [0, 0.05) is 18.7 Å². The van der Waals surface area contributed by atoms with Crippen LogP contribution < -0.4 is 8.92 Å². The molecule has 2 aromatic carbocycles. The van der Waals surface area contributed by atoms with E-state index in [0.717, 1.165) is 24.7 Å². The molecule has 1 amide bonds. The van der Waals surface area contributed by atoms with Crippen LogP contribution in [-0.2, 0) is 16.7 Å². The molecule has 0 N–H and O–H groups in total. The highest BCUT2D eigenvalue weighted by molar-refractivity contribution is 7.86. The monoisotopic (exact) mass is 391 g/mol. The van der Waals surface area contributed by atoms with E-state index in [2.05, 4.69) is 6.92 Å². The number of amides is 1. The van der Waals surface area contributed by atoms with Crippen molar-refractivity contribution in [3.05, 3.63) is 59.7 Å². The summed E-state index contributed by atoms with van der Waals surface area (Å²) in [5.41, 5.74) is 1.46. The van der Waals surface area contributed by atoms with Crippen LogP contribution in [0.25, 0.3) is 0 Å². The molecule has 0 radical (unpaired) electrons. The van der Waals surface area contributed by atoms with E-state index in [1.807, 2.05) is 0 Å². The molecule has 0 unspecified atom stereocenters. The molecular weight excluding hydrogens is 366 g/mol. The van der Waals surface area contributed by atoms with Crippen LogP contribution in [0.4, 0.5) is 0 Å². The van der Waals surface area contributed by atoms with Crippen molar-refractivity contribution in [2.75, 3.05) is 19.9 Å². The molecule has 0 bridgehead atoms. The lowest BCUT2D eigenvalue weighted by Crippen LogP contribution is -2.31. The quantitative estimate of drug-likeness (QED) is 0.612. The van der Waals surface area contributed by atoms with Gasteiger partial charge in [0.25, 0.3) is 5.91 Å². The topological polar surface area (TPSA) is 72.9 Å². The summed E-state index contributed by atoms with van der Waals surface area (Å²) in [5, 5.41) is 0. The highest BCUT2D eigenvalue weighted by Gasteiger charge is 2.16. The van der Waals surface area contributed by atoms with Crippen LogP contribution in [0.2, 0.25) is 0 Å². The minimum Gasteiger partial charge on any atom is -0.497 e. The van der Waals surface area contributed by atoms with Crippen LogP contribution in [0.5, 0.6) is 11.5 Å². The van der Waals surface area contributed by atoms with Crippen LogP contribution >= 0.6 is 0 Å². The molecule has 0 aliphatic heterocycles. The van der Waals surface area contributed by atoms with E-state index in [1.165, 1.54) is 0 Å². The maximum absolute atomic E-state index is 12.9. The summed E-state index contributed by atoms with van der Waals surface area (Å²) in [6, 6.07) is 13.8. The number of nitrogens with zero attached hydrogens (tertiary/aromatic N) is 1. The molecule has 146 valence electrons. The second-order valence-electron chi connectivity index (χ2n) is 6.24. The summed E-state index contributed by atoms with van der Waals surface area (Å²) >= 11 is 0. The molecule has 0 saturated carbocycles. The molecule has 0 heterocycles. The number of ether oxygens (including phenoxy) is 1. The van der Waals surface area contributed by atoms with Crippen LogP contribution in [0, 0.1) is 0 Å². The molecule has 0 spiro atoms. The number of carbonyl (C=O) groups excluding carboxylic acids is 1. The fourth-order valence-corrected chi connectivity index (χ4v) is 3.05. The molecule has 27 heavy (non-hydrogen) atoms. The van der Waals surface area contributed by atoms with E-state index in [4.69, 9.17) is 8.92 Å². The van der Waals surface area contributed by atoms with Crippen molar-refractivity contribution in [1.29, 1.82) is 0 Å². The molecule has 2 rings (SSSR count). The number of methoxy groups -OCH3 is 1. The lowest BCUT2D eigenvalue weighted by atomic mass is 10.1. The number of benzene rings is 2. The lowest BCUT2D eigenvalue weighted by Gasteiger charge is -2.23. The van der Waals surface area contributed by atoms with E-state index in [1.54, 1.807) is 60.5 Å². The van der Waals surface area contributed by atoms with E-state index in [9.17, 15) is 13.2 Å². The summed E-state index contributed by atoms with van der Waals surface area (Å²) in [4.78, 5) is 14.7. The molecule has 2 aromatic rings. The predicted molar refractivity (Wildman–Crippen MR) is 105 cm³/mol. The highest BCUT2D eigenvalue weighted by atomic mass is 32.2. The smallest absolute Gasteiger partial charge is 0.306 e. The van der Waals surface area contributed by atoms with Crippen LogP contribution in [0.15, 0.2) is 48.5 Å². The first-order chi connectivity index (χ1) is 12.8. The SMILES string of the molecule is CCCCN(Cc1ccc(OS(C)(=O)=O)cc1)C(=O)c1cccc(OC)c1. The van der Waals surface area contributed by atoms with E-state index in [-0.39, 0.29) is 11.7 Å². The third-order valence-electron chi connectivity index (χ3n) is 3.93. The summed E-state index contributed by atoms with van der Waals surface area (Å²) in [6.45, 7) is 3.13. The van der Waals surface area contributed by atoms with Gasteiger partial charge in [-0.05, 0) is 42.3 Å². The van der Waals surface area contributed by atoms with E-state index in [0.29, 0.717) is 24.4 Å². The van der Waals surface area contributed by atoms with Gasteiger partial charge in [-0.2, -0.15) is 8.42 Å². The Labute approximate surface area is 160 Å². The number of unbranched alkanes of at least 4 members (excludes halogenated alkanes) is 1. The van der Waals surface area contributed by atoms with Crippen molar-refractivity contribution in [3.63, 3.8) is 0 Å². The summed E-state index contributed by atoms with van der Waals surface area (Å²) in [6.07, 6.45) is 2.87.